The van der Waals surface area contributed by atoms with E-state index in [0.717, 1.165) is 54.7 Å². The third-order valence-electron chi connectivity index (χ3n) is 5.58. The number of fused-ring (bicyclic) bond motifs is 2. The van der Waals surface area contributed by atoms with Crippen LogP contribution in [0.3, 0.4) is 0 Å². The van der Waals surface area contributed by atoms with E-state index in [1.165, 1.54) is 5.69 Å². The molecule has 1 N–H and O–H groups in total. The number of benzene rings is 2. The second-order valence-corrected chi connectivity index (χ2v) is 7.51. The predicted molar refractivity (Wildman–Crippen MR) is 107 cm³/mol. The van der Waals surface area contributed by atoms with Crippen LogP contribution in [0.5, 0.6) is 5.75 Å². The molecule has 0 bridgehead atoms. The quantitative estimate of drug-likeness (QED) is 0.763. The maximum absolute atomic E-state index is 13.2. The van der Waals surface area contributed by atoms with E-state index in [2.05, 4.69) is 23.5 Å². The van der Waals surface area contributed by atoms with E-state index in [9.17, 15) is 4.79 Å². The molecule has 2 aliphatic heterocycles. The summed E-state index contributed by atoms with van der Waals surface area (Å²) in [6, 6.07) is 18.1. The Morgan fingerprint density at radius 3 is 2.79 bits per heavy atom. The Balaban J connectivity index is 1.45. The van der Waals surface area contributed by atoms with Crippen LogP contribution in [0.25, 0.3) is 11.1 Å². The van der Waals surface area contributed by atoms with Crippen molar-refractivity contribution in [2.75, 3.05) is 6.61 Å². The van der Waals surface area contributed by atoms with Gasteiger partial charge in [-0.3, -0.25) is 9.48 Å². The number of ether oxygens (including phenoxy) is 1. The summed E-state index contributed by atoms with van der Waals surface area (Å²) in [5.41, 5.74) is 4.87. The van der Waals surface area contributed by atoms with Crippen LogP contribution in [0.2, 0.25) is 0 Å². The Hall–Kier alpha value is -3.08. The average Bonchev–Trinajstić information content (AvgIpc) is 3.14. The van der Waals surface area contributed by atoms with Gasteiger partial charge in [-0.05, 0) is 42.9 Å². The van der Waals surface area contributed by atoms with Crippen molar-refractivity contribution in [3.05, 3.63) is 71.5 Å². The minimum absolute atomic E-state index is 0.0512. The van der Waals surface area contributed by atoms with Gasteiger partial charge in [-0.2, -0.15) is 5.10 Å². The number of rotatable bonds is 3. The molecule has 0 aliphatic carbocycles. The number of carbonyl (C=O) groups is 1. The van der Waals surface area contributed by atoms with Gasteiger partial charge in [0, 0.05) is 17.8 Å². The fraction of sp³-hybridized carbons (Fsp3) is 0.304. The number of para-hydroxylation sites is 1. The molecule has 1 aromatic heterocycles. The molecule has 5 nitrogen and oxygen atoms in total. The van der Waals surface area contributed by atoms with Crippen LogP contribution in [0.4, 0.5) is 0 Å². The van der Waals surface area contributed by atoms with Crippen LogP contribution in [0.15, 0.2) is 54.6 Å². The number of amides is 1. The lowest BCUT2D eigenvalue weighted by Crippen LogP contribution is -2.43. The average molecular weight is 373 g/mol. The van der Waals surface area contributed by atoms with Crippen LogP contribution in [0, 0.1) is 0 Å². The molecule has 0 saturated heterocycles. The molecule has 5 heteroatoms. The zero-order valence-electron chi connectivity index (χ0n) is 15.7. The summed E-state index contributed by atoms with van der Waals surface area (Å²) >= 11 is 0. The van der Waals surface area contributed by atoms with E-state index in [4.69, 9.17) is 9.84 Å². The molecule has 1 amide bonds. The molecule has 2 aliphatic rings. The highest BCUT2D eigenvalue weighted by Gasteiger charge is 2.28. The summed E-state index contributed by atoms with van der Waals surface area (Å²) in [5.74, 6) is 0.796. The van der Waals surface area contributed by atoms with Gasteiger partial charge in [0.25, 0.3) is 5.91 Å². The zero-order valence-corrected chi connectivity index (χ0v) is 15.7. The summed E-state index contributed by atoms with van der Waals surface area (Å²) in [6.45, 7) is 1.36. The molecule has 0 spiro atoms. The molecule has 3 heterocycles. The number of hydrogen-bond donors (Lipinski definition) is 1. The number of carbonyl (C=O) groups excluding carboxylic acids is 1. The van der Waals surface area contributed by atoms with E-state index in [1.54, 1.807) is 0 Å². The Morgan fingerprint density at radius 2 is 1.89 bits per heavy atom. The molecule has 3 aromatic rings. The monoisotopic (exact) mass is 373 g/mol. The Labute approximate surface area is 164 Å². The molecule has 0 fully saturated rings. The summed E-state index contributed by atoms with van der Waals surface area (Å²) in [5, 5.41) is 7.86. The molecule has 0 radical (unpaired) electrons. The summed E-state index contributed by atoms with van der Waals surface area (Å²) in [7, 11) is 0. The highest BCUT2D eigenvalue weighted by atomic mass is 16.5. The van der Waals surface area contributed by atoms with E-state index in [0.29, 0.717) is 12.3 Å². The summed E-state index contributed by atoms with van der Waals surface area (Å²) < 4.78 is 7.85. The van der Waals surface area contributed by atoms with Crippen LogP contribution in [0.1, 0.15) is 34.6 Å². The van der Waals surface area contributed by atoms with Crippen LogP contribution >= 0.6 is 0 Å². The fourth-order valence-corrected chi connectivity index (χ4v) is 4.23. The van der Waals surface area contributed by atoms with Gasteiger partial charge in [-0.1, -0.05) is 48.5 Å². The van der Waals surface area contributed by atoms with Crippen molar-refractivity contribution in [2.45, 2.75) is 38.3 Å². The SMILES string of the molecule is O=C(NC1COc2ccccc2C1)c1nn2c(c1-c1ccccc1)CCCC2. The maximum Gasteiger partial charge on any atom is 0.272 e. The second kappa shape index (κ2) is 7.15. The van der Waals surface area contributed by atoms with E-state index in [1.807, 2.05) is 41.1 Å². The van der Waals surface area contributed by atoms with Gasteiger partial charge < -0.3 is 10.1 Å². The van der Waals surface area contributed by atoms with Gasteiger partial charge in [-0.15, -0.1) is 0 Å². The number of hydrogen-bond acceptors (Lipinski definition) is 3. The number of nitrogens with zero attached hydrogens (tertiary/aromatic N) is 2. The first kappa shape index (κ1) is 17.0. The van der Waals surface area contributed by atoms with Gasteiger partial charge in [0.1, 0.15) is 12.4 Å². The minimum atomic E-state index is -0.117. The van der Waals surface area contributed by atoms with Gasteiger partial charge in [0.2, 0.25) is 0 Å². The lowest BCUT2D eigenvalue weighted by molar-refractivity contribution is 0.0910. The van der Waals surface area contributed by atoms with Crippen molar-refractivity contribution in [3.63, 3.8) is 0 Å². The van der Waals surface area contributed by atoms with E-state index < -0.39 is 0 Å². The fourth-order valence-electron chi connectivity index (χ4n) is 4.23. The van der Waals surface area contributed by atoms with Crippen molar-refractivity contribution in [3.8, 4) is 16.9 Å². The molecular formula is C23H23N3O2. The van der Waals surface area contributed by atoms with Crippen molar-refractivity contribution in [2.24, 2.45) is 0 Å². The number of aromatic nitrogens is 2. The molecule has 0 saturated carbocycles. The van der Waals surface area contributed by atoms with Gasteiger partial charge in [0.05, 0.1) is 6.04 Å². The van der Waals surface area contributed by atoms with Gasteiger partial charge >= 0.3 is 0 Å². The van der Waals surface area contributed by atoms with E-state index in [-0.39, 0.29) is 11.9 Å². The summed E-state index contributed by atoms with van der Waals surface area (Å²) in [6.07, 6.45) is 3.98. The number of nitrogens with one attached hydrogen (secondary N) is 1. The Morgan fingerprint density at radius 1 is 1.07 bits per heavy atom. The predicted octanol–water partition coefficient (Wildman–Crippen LogP) is 3.62. The van der Waals surface area contributed by atoms with Crippen molar-refractivity contribution < 1.29 is 9.53 Å². The molecule has 28 heavy (non-hydrogen) atoms. The minimum Gasteiger partial charge on any atom is -0.491 e. The van der Waals surface area contributed by atoms with Crippen LogP contribution < -0.4 is 10.1 Å². The third kappa shape index (κ3) is 3.07. The molecule has 1 atom stereocenters. The molecular weight excluding hydrogens is 350 g/mol. The molecule has 5 rings (SSSR count). The maximum atomic E-state index is 13.2. The van der Waals surface area contributed by atoms with E-state index >= 15 is 0 Å². The zero-order chi connectivity index (χ0) is 18.9. The van der Waals surface area contributed by atoms with Gasteiger partial charge in [-0.25, -0.2) is 0 Å². The van der Waals surface area contributed by atoms with Crippen LogP contribution in [-0.4, -0.2) is 28.3 Å². The smallest absolute Gasteiger partial charge is 0.272 e. The Bertz CT molecular complexity index is 1010. The first-order valence-corrected chi connectivity index (χ1v) is 9.96. The van der Waals surface area contributed by atoms with Crippen LogP contribution in [-0.2, 0) is 19.4 Å². The molecule has 2 aromatic carbocycles. The normalized spacial score (nSPS) is 17.9. The topological polar surface area (TPSA) is 56.1 Å². The largest absolute Gasteiger partial charge is 0.491 e. The van der Waals surface area contributed by atoms with Crippen molar-refractivity contribution in [1.82, 2.24) is 15.1 Å². The first-order valence-electron chi connectivity index (χ1n) is 9.96. The van der Waals surface area contributed by atoms with Crippen molar-refractivity contribution in [1.29, 1.82) is 0 Å². The lowest BCUT2D eigenvalue weighted by atomic mass is 9.97. The Kier molecular flexibility index (Phi) is 4.35. The molecule has 142 valence electrons. The molecule has 1 unspecified atom stereocenters. The highest BCUT2D eigenvalue weighted by Crippen LogP contribution is 2.31. The second-order valence-electron chi connectivity index (χ2n) is 7.51. The third-order valence-corrected chi connectivity index (χ3v) is 5.58. The van der Waals surface area contributed by atoms with Gasteiger partial charge in [0.15, 0.2) is 5.69 Å². The lowest BCUT2D eigenvalue weighted by Gasteiger charge is -2.25. The highest BCUT2D eigenvalue weighted by molar-refractivity contribution is 6.00. The summed E-state index contributed by atoms with van der Waals surface area (Å²) in [4.78, 5) is 13.2. The van der Waals surface area contributed by atoms with Crippen molar-refractivity contribution >= 4 is 5.91 Å². The number of aryl methyl sites for hydroxylation is 1. The first-order chi connectivity index (χ1) is 13.8. The standard InChI is InChI=1S/C23H23N3O2/c27-23(24-18-14-17-10-4-5-12-20(17)28-15-18)22-21(16-8-2-1-3-9-16)19-11-6-7-13-26(19)25-22/h1-5,8-10,12,18H,6-7,11,13-15H2,(H,24,27).